The molecular weight excluding hydrogens is 381 g/mol. The Bertz CT molecular complexity index is 886. The molecule has 0 radical (unpaired) electrons. The Hall–Kier alpha value is -2.40. The van der Waals surface area contributed by atoms with Crippen LogP contribution in [0.15, 0.2) is 42.5 Å². The summed E-state index contributed by atoms with van der Waals surface area (Å²) in [6.07, 6.45) is 5.42. The lowest BCUT2D eigenvalue weighted by atomic mass is 9.72. The molecule has 2 heterocycles. The molecule has 0 aromatic heterocycles. The summed E-state index contributed by atoms with van der Waals surface area (Å²) in [6.45, 7) is 2.90. The predicted octanol–water partition coefficient (Wildman–Crippen LogP) is 4.85. The van der Waals surface area contributed by atoms with Crippen LogP contribution in [0.3, 0.4) is 0 Å². The molecule has 2 aromatic rings. The molecule has 0 bridgehead atoms. The van der Waals surface area contributed by atoms with Gasteiger partial charge < -0.3 is 14.4 Å². The Kier molecular flexibility index (Phi) is 6.38. The maximum Gasteiger partial charge on any atom is 0.229 e. The lowest BCUT2D eigenvalue weighted by Crippen LogP contribution is -2.49. The maximum atomic E-state index is 14.1. The maximum absolute atomic E-state index is 14.1. The Morgan fingerprint density at radius 3 is 2.53 bits per heavy atom. The van der Waals surface area contributed by atoms with E-state index < -0.39 is 5.41 Å². The number of nitrogens with zero attached hydrogens (tertiary/aromatic N) is 1. The van der Waals surface area contributed by atoms with Crippen molar-refractivity contribution >= 4 is 5.91 Å². The summed E-state index contributed by atoms with van der Waals surface area (Å²) in [5.41, 5.74) is 2.23. The largest absolute Gasteiger partial charge is 0.496 e. The second kappa shape index (κ2) is 9.17. The zero-order valence-electron chi connectivity index (χ0n) is 17.7. The number of piperidine rings is 1. The summed E-state index contributed by atoms with van der Waals surface area (Å²) >= 11 is 0. The Balaban J connectivity index is 1.71. The number of likely N-dealkylation sites (tertiary alicyclic amines) is 1. The molecule has 2 fully saturated rings. The number of methoxy groups -OCH3 is 1. The van der Waals surface area contributed by atoms with E-state index in [2.05, 4.69) is 11.0 Å². The van der Waals surface area contributed by atoms with Crippen LogP contribution in [0, 0.1) is 11.2 Å². The third-order valence-electron chi connectivity index (χ3n) is 6.54. The number of amides is 1. The molecule has 0 aliphatic carbocycles. The number of hydrogen-bond acceptors (Lipinski definition) is 3. The van der Waals surface area contributed by atoms with Crippen molar-refractivity contribution in [2.24, 2.45) is 5.41 Å². The fourth-order valence-corrected chi connectivity index (χ4v) is 4.85. The van der Waals surface area contributed by atoms with Crippen LogP contribution in [0.25, 0.3) is 11.1 Å². The first-order chi connectivity index (χ1) is 14.6. The van der Waals surface area contributed by atoms with Gasteiger partial charge in [-0.05, 0) is 67.9 Å². The summed E-state index contributed by atoms with van der Waals surface area (Å²) < 4.78 is 25.2. The second-order valence-corrected chi connectivity index (χ2v) is 8.42. The molecule has 160 valence electrons. The lowest BCUT2D eigenvalue weighted by molar-refractivity contribution is -0.149. The zero-order chi connectivity index (χ0) is 21.0. The minimum atomic E-state index is -0.466. The minimum Gasteiger partial charge on any atom is -0.496 e. The fraction of sp³-hybridized carbons (Fsp3) is 0.480. The molecule has 0 N–H and O–H groups in total. The van der Waals surface area contributed by atoms with E-state index >= 15 is 0 Å². The van der Waals surface area contributed by atoms with Gasteiger partial charge in [0, 0.05) is 31.9 Å². The minimum absolute atomic E-state index is 0.256. The molecule has 30 heavy (non-hydrogen) atoms. The van der Waals surface area contributed by atoms with Gasteiger partial charge in [-0.1, -0.05) is 24.3 Å². The highest BCUT2D eigenvalue weighted by Crippen LogP contribution is 2.41. The third kappa shape index (κ3) is 4.22. The van der Waals surface area contributed by atoms with E-state index in [1.165, 1.54) is 18.6 Å². The Morgan fingerprint density at radius 2 is 1.80 bits per heavy atom. The van der Waals surface area contributed by atoms with Gasteiger partial charge in [0.15, 0.2) is 0 Å². The number of benzene rings is 2. The zero-order valence-corrected chi connectivity index (χ0v) is 17.7. The van der Waals surface area contributed by atoms with Gasteiger partial charge in [-0.15, -0.1) is 0 Å². The summed E-state index contributed by atoms with van der Waals surface area (Å²) in [5, 5.41) is 0. The topological polar surface area (TPSA) is 38.8 Å². The van der Waals surface area contributed by atoms with Crippen LogP contribution in [0.2, 0.25) is 0 Å². The molecule has 0 unspecified atom stereocenters. The van der Waals surface area contributed by atoms with Crippen LogP contribution < -0.4 is 4.74 Å². The van der Waals surface area contributed by atoms with Crippen molar-refractivity contribution in [3.8, 4) is 16.9 Å². The van der Waals surface area contributed by atoms with Crippen molar-refractivity contribution in [2.75, 3.05) is 33.4 Å². The van der Waals surface area contributed by atoms with Crippen LogP contribution in [0.4, 0.5) is 4.39 Å². The first-order valence-corrected chi connectivity index (χ1v) is 10.9. The van der Waals surface area contributed by atoms with Crippen LogP contribution >= 0.6 is 0 Å². The van der Waals surface area contributed by atoms with Gasteiger partial charge in [0.05, 0.1) is 12.5 Å². The van der Waals surface area contributed by atoms with E-state index in [9.17, 15) is 9.18 Å². The molecule has 0 spiro atoms. The van der Waals surface area contributed by atoms with Gasteiger partial charge in [0.2, 0.25) is 5.91 Å². The number of halogens is 1. The second-order valence-electron chi connectivity index (χ2n) is 8.42. The number of carbonyl (C=O) groups is 1. The first-order valence-electron chi connectivity index (χ1n) is 10.9. The molecule has 2 aliphatic rings. The molecule has 2 aliphatic heterocycles. The SMILES string of the molecule is COc1ccc(F)cc1-c1ccccc1CC1(C(=O)N2CCCCC2)CCOCC1. The summed E-state index contributed by atoms with van der Waals surface area (Å²) in [5.74, 6) is 0.588. The molecule has 0 saturated carbocycles. The normalized spacial score (nSPS) is 18.8. The average Bonchev–Trinajstić information content (AvgIpc) is 2.80. The van der Waals surface area contributed by atoms with Crippen molar-refractivity contribution in [1.29, 1.82) is 0 Å². The highest BCUT2D eigenvalue weighted by Gasteiger charge is 2.43. The molecule has 4 nitrogen and oxygen atoms in total. The van der Waals surface area contributed by atoms with Crippen LogP contribution in [-0.2, 0) is 16.0 Å². The van der Waals surface area contributed by atoms with E-state index in [0.29, 0.717) is 25.4 Å². The summed E-state index contributed by atoms with van der Waals surface area (Å²) in [4.78, 5) is 15.7. The highest BCUT2D eigenvalue weighted by molar-refractivity contribution is 5.84. The van der Waals surface area contributed by atoms with E-state index in [1.54, 1.807) is 13.2 Å². The van der Waals surface area contributed by atoms with Gasteiger partial charge >= 0.3 is 0 Å². The van der Waals surface area contributed by atoms with E-state index in [0.717, 1.165) is 55.5 Å². The van der Waals surface area contributed by atoms with Crippen molar-refractivity contribution in [3.63, 3.8) is 0 Å². The number of rotatable bonds is 5. The molecule has 0 atom stereocenters. The lowest BCUT2D eigenvalue weighted by Gasteiger charge is -2.41. The fourth-order valence-electron chi connectivity index (χ4n) is 4.85. The third-order valence-corrected chi connectivity index (χ3v) is 6.54. The molecular formula is C25H30FNO3. The molecule has 5 heteroatoms. The summed E-state index contributed by atoms with van der Waals surface area (Å²) in [6, 6.07) is 12.6. The van der Waals surface area contributed by atoms with Gasteiger partial charge in [-0.2, -0.15) is 0 Å². The standard InChI is InChI=1S/C25H30FNO3/c1-29-23-10-9-20(26)17-22(23)21-8-4-3-7-19(21)18-25(11-15-30-16-12-25)24(28)27-13-5-2-6-14-27/h3-4,7-10,17H,2,5-6,11-16,18H2,1H3. The van der Waals surface area contributed by atoms with Crippen LogP contribution in [0.1, 0.15) is 37.7 Å². The monoisotopic (exact) mass is 411 g/mol. The average molecular weight is 412 g/mol. The van der Waals surface area contributed by atoms with Gasteiger partial charge in [-0.25, -0.2) is 4.39 Å². The van der Waals surface area contributed by atoms with Gasteiger partial charge in [-0.3, -0.25) is 4.79 Å². The molecule has 2 aromatic carbocycles. The molecule has 2 saturated heterocycles. The predicted molar refractivity (Wildman–Crippen MR) is 115 cm³/mol. The number of ether oxygens (including phenoxy) is 2. The van der Waals surface area contributed by atoms with E-state index in [1.807, 2.05) is 18.2 Å². The van der Waals surface area contributed by atoms with Crippen molar-refractivity contribution < 1.29 is 18.7 Å². The van der Waals surface area contributed by atoms with E-state index in [-0.39, 0.29) is 11.7 Å². The van der Waals surface area contributed by atoms with Gasteiger partial charge in [0.25, 0.3) is 0 Å². The van der Waals surface area contributed by atoms with Crippen LogP contribution in [0.5, 0.6) is 5.75 Å². The highest BCUT2D eigenvalue weighted by atomic mass is 19.1. The number of carbonyl (C=O) groups excluding carboxylic acids is 1. The summed E-state index contributed by atoms with van der Waals surface area (Å²) in [7, 11) is 1.60. The van der Waals surface area contributed by atoms with E-state index in [4.69, 9.17) is 9.47 Å². The van der Waals surface area contributed by atoms with Crippen molar-refractivity contribution in [3.05, 3.63) is 53.8 Å². The Morgan fingerprint density at radius 1 is 1.07 bits per heavy atom. The van der Waals surface area contributed by atoms with Crippen molar-refractivity contribution in [2.45, 2.75) is 38.5 Å². The smallest absolute Gasteiger partial charge is 0.229 e. The van der Waals surface area contributed by atoms with Gasteiger partial charge in [0.1, 0.15) is 11.6 Å². The first kappa shape index (κ1) is 20.9. The number of hydrogen-bond donors (Lipinski definition) is 0. The quantitative estimate of drug-likeness (QED) is 0.706. The van der Waals surface area contributed by atoms with Crippen LogP contribution in [-0.4, -0.2) is 44.2 Å². The van der Waals surface area contributed by atoms with Crippen molar-refractivity contribution in [1.82, 2.24) is 4.90 Å². The molecule has 4 rings (SSSR count). The Labute approximate surface area is 178 Å². The molecule has 1 amide bonds.